The van der Waals surface area contributed by atoms with Gasteiger partial charge in [0.2, 0.25) is 5.91 Å². The summed E-state index contributed by atoms with van der Waals surface area (Å²) in [5.74, 6) is 1.28. The number of thiophene rings is 1. The third-order valence-electron chi connectivity index (χ3n) is 6.45. The van der Waals surface area contributed by atoms with Gasteiger partial charge in [0, 0.05) is 24.0 Å². The molecular formula is C26H35N3O3S. The Morgan fingerprint density at radius 3 is 2.64 bits per heavy atom. The van der Waals surface area contributed by atoms with Gasteiger partial charge in [-0.05, 0) is 66.3 Å². The second kappa shape index (κ2) is 10.6. The predicted octanol–water partition coefficient (Wildman–Crippen LogP) is 4.96. The van der Waals surface area contributed by atoms with Crippen molar-refractivity contribution in [3.8, 4) is 5.75 Å². The van der Waals surface area contributed by atoms with Crippen molar-refractivity contribution in [1.29, 1.82) is 0 Å². The first-order chi connectivity index (χ1) is 16.0. The summed E-state index contributed by atoms with van der Waals surface area (Å²) < 4.78 is 6.17. The van der Waals surface area contributed by atoms with Gasteiger partial charge in [-0.2, -0.15) is 0 Å². The molecule has 1 atom stereocenters. The quantitative estimate of drug-likeness (QED) is 0.565. The summed E-state index contributed by atoms with van der Waals surface area (Å²) in [5, 5.41) is 5.03. The van der Waals surface area contributed by atoms with Crippen LogP contribution in [0, 0.1) is 0 Å². The number of benzene rings is 1. The molecule has 1 fully saturated rings. The summed E-state index contributed by atoms with van der Waals surface area (Å²) in [6.45, 7) is 8.19. The fraction of sp³-hybridized carbons (Fsp3) is 0.538. The van der Waals surface area contributed by atoms with E-state index in [4.69, 9.17) is 4.74 Å². The van der Waals surface area contributed by atoms with Gasteiger partial charge in [0.25, 0.3) is 0 Å². The normalized spacial score (nSPS) is 17.6. The van der Waals surface area contributed by atoms with Crippen LogP contribution in [0.1, 0.15) is 68.0 Å². The molecule has 2 aromatic rings. The van der Waals surface area contributed by atoms with Crippen molar-refractivity contribution in [3.63, 3.8) is 0 Å². The van der Waals surface area contributed by atoms with Crippen LogP contribution >= 0.6 is 11.3 Å². The molecule has 1 aromatic heterocycles. The van der Waals surface area contributed by atoms with Crippen molar-refractivity contribution in [2.75, 3.05) is 26.2 Å². The Morgan fingerprint density at radius 1 is 1.21 bits per heavy atom. The number of hydrogen-bond donors (Lipinski definition) is 1. The molecule has 6 nitrogen and oxygen atoms in total. The van der Waals surface area contributed by atoms with Crippen LogP contribution in [0.25, 0.3) is 0 Å². The first-order valence-electron chi connectivity index (χ1n) is 12.1. The number of fused-ring (bicyclic) bond motifs is 1. The molecule has 33 heavy (non-hydrogen) atoms. The van der Waals surface area contributed by atoms with E-state index in [1.807, 2.05) is 24.0 Å². The lowest BCUT2D eigenvalue weighted by molar-refractivity contribution is -0.135. The SMILES string of the molecule is CCCNC(=O)N(CC(=O)N1CCc2sccc2[C@@H]1COc1ccc(C(C)C)cc1)C1CC1. The van der Waals surface area contributed by atoms with Gasteiger partial charge in [-0.1, -0.05) is 32.9 Å². The van der Waals surface area contributed by atoms with Gasteiger partial charge in [-0.15, -0.1) is 11.3 Å². The summed E-state index contributed by atoms with van der Waals surface area (Å²) in [6.07, 6.45) is 3.67. The molecule has 4 rings (SSSR count). The molecule has 0 unspecified atom stereocenters. The minimum Gasteiger partial charge on any atom is -0.491 e. The van der Waals surface area contributed by atoms with E-state index in [9.17, 15) is 9.59 Å². The van der Waals surface area contributed by atoms with E-state index in [2.05, 4.69) is 42.7 Å². The Balaban J connectivity index is 1.46. The molecule has 1 aromatic carbocycles. The molecule has 2 aliphatic rings. The van der Waals surface area contributed by atoms with Gasteiger partial charge in [-0.3, -0.25) is 4.79 Å². The van der Waals surface area contributed by atoms with Gasteiger partial charge in [0.15, 0.2) is 0 Å². The van der Waals surface area contributed by atoms with Crippen molar-refractivity contribution in [2.45, 2.75) is 64.5 Å². The topological polar surface area (TPSA) is 61.9 Å². The first-order valence-corrected chi connectivity index (χ1v) is 13.0. The smallest absolute Gasteiger partial charge is 0.318 e. The Morgan fingerprint density at radius 2 is 1.97 bits per heavy atom. The Hall–Kier alpha value is -2.54. The maximum absolute atomic E-state index is 13.4. The Bertz CT molecular complexity index is 952. The zero-order valence-corrected chi connectivity index (χ0v) is 20.7. The van der Waals surface area contributed by atoms with Crippen molar-refractivity contribution in [3.05, 3.63) is 51.7 Å². The largest absolute Gasteiger partial charge is 0.491 e. The number of carbonyl (C=O) groups is 2. The zero-order valence-electron chi connectivity index (χ0n) is 19.9. The molecule has 1 N–H and O–H groups in total. The van der Waals surface area contributed by atoms with Crippen LogP contribution in [0.15, 0.2) is 35.7 Å². The van der Waals surface area contributed by atoms with E-state index in [-0.39, 0.29) is 30.6 Å². The summed E-state index contributed by atoms with van der Waals surface area (Å²) >= 11 is 1.74. The third-order valence-corrected chi connectivity index (χ3v) is 7.45. The fourth-order valence-corrected chi connectivity index (χ4v) is 5.25. The van der Waals surface area contributed by atoms with Gasteiger partial charge in [0.1, 0.15) is 18.9 Å². The summed E-state index contributed by atoms with van der Waals surface area (Å²) in [6, 6.07) is 10.2. The molecule has 1 saturated carbocycles. The average molecular weight is 470 g/mol. The molecule has 178 valence electrons. The molecule has 0 spiro atoms. The number of hydrogen-bond acceptors (Lipinski definition) is 4. The average Bonchev–Trinajstić information content (AvgIpc) is 3.55. The highest BCUT2D eigenvalue weighted by atomic mass is 32.1. The van der Waals surface area contributed by atoms with Crippen LogP contribution in [-0.2, 0) is 11.2 Å². The molecule has 1 aliphatic heterocycles. The maximum Gasteiger partial charge on any atom is 0.318 e. The standard InChI is InChI=1S/C26H35N3O3S/c1-4-13-27-26(31)29(20-7-8-20)16-25(30)28-14-11-24-22(12-15-33-24)23(28)17-32-21-9-5-19(6-10-21)18(2)3/h5-6,9-10,12,15,18,20,23H,4,7-8,11,13-14,16-17H2,1-3H3,(H,27,31)/t23-/m0/s1. The van der Waals surface area contributed by atoms with E-state index >= 15 is 0 Å². The number of ether oxygens (including phenoxy) is 1. The van der Waals surface area contributed by atoms with Crippen molar-refractivity contribution in [1.82, 2.24) is 15.1 Å². The molecule has 0 radical (unpaired) electrons. The van der Waals surface area contributed by atoms with Crippen LogP contribution in [0.5, 0.6) is 5.75 Å². The minimum atomic E-state index is -0.142. The molecule has 7 heteroatoms. The molecular weight excluding hydrogens is 434 g/mol. The van der Waals surface area contributed by atoms with Crippen LogP contribution in [0.4, 0.5) is 4.79 Å². The second-order valence-corrected chi connectivity index (χ2v) is 10.3. The zero-order chi connectivity index (χ0) is 23.4. The van der Waals surface area contributed by atoms with Crippen molar-refractivity contribution in [2.24, 2.45) is 0 Å². The predicted molar refractivity (Wildman–Crippen MR) is 132 cm³/mol. The van der Waals surface area contributed by atoms with E-state index in [1.165, 1.54) is 16.0 Å². The lowest BCUT2D eigenvalue weighted by Gasteiger charge is -2.37. The van der Waals surface area contributed by atoms with Crippen LogP contribution < -0.4 is 10.1 Å². The number of rotatable bonds is 9. The molecule has 3 amide bonds. The lowest BCUT2D eigenvalue weighted by Crippen LogP contribution is -2.50. The highest BCUT2D eigenvalue weighted by Gasteiger charge is 2.37. The maximum atomic E-state index is 13.4. The van der Waals surface area contributed by atoms with Gasteiger partial charge in [0.05, 0.1) is 6.04 Å². The minimum absolute atomic E-state index is 0.00541. The highest BCUT2D eigenvalue weighted by molar-refractivity contribution is 7.10. The number of amides is 3. The van der Waals surface area contributed by atoms with E-state index in [0.29, 0.717) is 25.6 Å². The van der Waals surface area contributed by atoms with Crippen LogP contribution in [0.3, 0.4) is 0 Å². The monoisotopic (exact) mass is 469 g/mol. The summed E-state index contributed by atoms with van der Waals surface area (Å²) in [4.78, 5) is 31.1. The van der Waals surface area contributed by atoms with Crippen molar-refractivity contribution < 1.29 is 14.3 Å². The fourth-order valence-electron chi connectivity index (χ4n) is 4.32. The van der Waals surface area contributed by atoms with Gasteiger partial charge >= 0.3 is 6.03 Å². The molecule has 0 bridgehead atoms. The lowest BCUT2D eigenvalue weighted by atomic mass is 10.00. The van der Waals surface area contributed by atoms with E-state index in [0.717, 1.165) is 31.4 Å². The highest BCUT2D eigenvalue weighted by Crippen LogP contribution is 2.35. The number of urea groups is 1. The van der Waals surface area contributed by atoms with E-state index < -0.39 is 0 Å². The van der Waals surface area contributed by atoms with Gasteiger partial charge in [-0.25, -0.2) is 4.79 Å². The third kappa shape index (κ3) is 5.69. The van der Waals surface area contributed by atoms with Gasteiger partial charge < -0.3 is 19.9 Å². The number of carbonyl (C=O) groups excluding carboxylic acids is 2. The number of nitrogens with zero attached hydrogens (tertiary/aromatic N) is 2. The Labute approximate surface area is 200 Å². The summed E-state index contributed by atoms with van der Waals surface area (Å²) in [7, 11) is 0. The first kappa shape index (κ1) is 23.6. The van der Waals surface area contributed by atoms with Crippen LogP contribution in [0.2, 0.25) is 0 Å². The molecule has 0 saturated heterocycles. The van der Waals surface area contributed by atoms with Crippen molar-refractivity contribution >= 4 is 23.3 Å². The Kier molecular flexibility index (Phi) is 7.58. The van der Waals surface area contributed by atoms with E-state index in [1.54, 1.807) is 16.2 Å². The number of nitrogens with one attached hydrogen (secondary N) is 1. The van der Waals surface area contributed by atoms with Crippen LogP contribution in [-0.4, -0.2) is 54.0 Å². The summed E-state index contributed by atoms with van der Waals surface area (Å²) in [5.41, 5.74) is 2.45. The molecule has 1 aliphatic carbocycles. The second-order valence-electron chi connectivity index (χ2n) is 9.28. The molecule has 2 heterocycles.